The monoisotopic (exact) mass is 391 g/mol. The van der Waals surface area contributed by atoms with E-state index in [2.05, 4.69) is 15.8 Å². The summed E-state index contributed by atoms with van der Waals surface area (Å²) >= 11 is 0. The van der Waals surface area contributed by atoms with Gasteiger partial charge in [-0.1, -0.05) is 48.5 Å². The molecule has 0 aliphatic carbocycles. The molecule has 9 heteroatoms. The van der Waals surface area contributed by atoms with Crippen LogP contribution in [0.15, 0.2) is 59.4 Å². The molecule has 2 heterocycles. The third kappa shape index (κ3) is 2.83. The third-order valence-corrected chi connectivity index (χ3v) is 4.93. The number of benzene rings is 2. The van der Waals surface area contributed by atoms with Crippen molar-refractivity contribution >= 4 is 28.6 Å². The molecule has 3 aromatic rings. The Labute approximate surface area is 164 Å². The first-order chi connectivity index (χ1) is 13.8. The fraction of sp³-hybridized carbons (Fsp3) is 0.150. The molecule has 0 bridgehead atoms. The molecule has 0 saturated carbocycles. The molecule has 0 spiro atoms. The van der Waals surface area contributed by atoms with Gasteiger partial charge in [-0.25, -0.2) is 9.48 Å². The molecule has 1 saturated heterocycles. The highest BCUT2D eigenvalue weighted by Gasteiger charge is 2.50. The molecule has 1 aliphatic rings. The Morgan fingerprint density at radius 3 is 2.31 bits per heavy atom. The maximum absolute atomic E-state index is 12.9. The zero-order chi connectivity index (χ0) is 20.8. The number of nitrogens with zero attached hydrogens (tertiary/aromatic N) is 3. The van der Waals surface area contributed by atoms with E-state index < -0.39 is 23.4 Å². The molecule has 0 radical (unpaired) electrons. The molecule has 9 nitrogen and oxygen atoms in total. The molecule has 4 amide bonds. The van der Waals surface area contributed by atoms with Gasteiger partial charge in [0.1, 0.15) is 5.54 Å². The van der Waals surface area contributed by atoms with Gasteiger partial charge in [-0.05, 0) is 18.6 Å². The number of urea groups is 1. The first-order valence-electron chi connectivity index (χ1n) is 8.82. The van der Waals surface area contributed by atoms with Crippen LogP contribution in [0.2, 0.25) is 0 Å². The zero-order valence-electron chi connectivity index (χ0n) is 15.7. The van der Waals surface area contributed by atoms with Crippen molar-refractivity contribution in [1.82, 2.24) is 25.5 Å². The van der Waals surface area contributed by atoms with Crippen LogP contribution in [0, 0.1) is 0 Å². The Kier molecular flexibility index (Phi) is 4.15. The minimum atomic E-state index is -1.31. The van der Waals surface area contributed by atoms with Crippen LogP contribution in [-0.4, -0.2) is 32.6 Å². The molecule has 4 rings (SSSR count). The van der Waals surface area contributed by atoms with Gasteiger partial charge in [-0.2, -0.15) is 10.1 Å². The summed E-state index contributed by atoms with van der Waals surface area (Å²) in [4.78, 5) is 50.5. The lowest BCUT2D eigenvalue weighted by atomic mass is 9.92. The average molecular weight is 391 g/mol. The number of aryl methyl sites for hydroxylation is 1. The number of amides is 4. The fourth-order valence-corrected chi connectivity index (χ4v) is 3.33. The molecule has 146 valence electrons. The highest BCUT2D eigenvalue weighted by molar-refractivity contribution is 6.11. The van der Waals surface area contributed by atoms with E-state index in [1.165, 1.54) is 7.05 Å². The Hall–Kier alpha value is -4.01. The maximum atomic E-state index is 12.9. The number of carbonyl (C=O) groups excluding carboxylic acids is 3. The average Bonchev–Trinajstić information content (AvgIpc) is 2.95. The van der Waals surface area contributed by atoms with Crippen molar-refractivity contribution in [2.24, 2.45) is 7.05 Å². The summed E-state index contributed by atoms with van der Waals surface area (Å²) in [5.74, 6) is -1.41. The Morgan fingerprint density at radius 1 is 1.00 bits per heavy atom. The summed E-state index contributed by atoms with van der Waals surface area (Å²) in [6, 6.07) is 14.5. The van der Waals surface area contributed by atoms with E-state index >= 15 is 0 Å². The Balaban J connectivity index is 1.69. The number of imide groups is 1. The summed E-state index contributed by atoms with van der Waals surface area (Å²) in [5.41, 5.74) is 1.15. The standard InChI is InChI=1S/C20H17N5O4/c1-20(12-8-4-3-5-9-12)18(28)25(19(29)21-20)23-16(26)15-13-10-6-7-11-14(13)17(27)24(2)22-15/h3-11H,1-2H3,(H,21,29)(H,23,26). The number of nitrogens with one attached hydrogen (secondary N) is 2. The lowest BCUT2D eigenvalue weighted by molar-refractivity contribution is -0.132. The first-order valence-corrected chi connectivity index (χ1v) is 8.82. The second-order valence-corrected chi connectivity index (χ2v) is 6.83. The van der Waals surface area contributed by atoms with Crippen molar-refractivity contribution in [3.8, 4) is 0 Å². The van der Waals surface area contributed by atoms with Crippen LogP contribution in [0.25, 0.3) is 10.8 Å². The van der Waals surface area contributed by atoms with Crippen molar-refractivity contribution in [3.63, 3.8) is 0 Å². The largest absolute Gasteiger partial charge is 0.344 e. The van der Waals surface area contributed by atoms with Gasteiger partial charge in [0.2, 0.25) is 0 Å². The van der Waals surface area contributed by atoms with Gasteiger partial charge in [-0.15, -0.1) is 0 Å². The van der Waals surface area contributed by atoms with Gasteiger partial charge < -0.3 is 5.32 Å². The summed E-state index contributed by atoms with van der Waals surface area (Å²) in [6.07, 6.45) is 0. The van der Waals surface area contributed by atoms with Crippen molar-refractivity contribution in [3.05, 3.63) is 76.2 Å². The highest BCUT2D eigenvalue weighted by atomic mass is 16.2. The quantitative estimate of drug-likeness (QED) is 0.648. The molecule has 1 fully saturated rings. The molecule has 1 unspecified atom stereocenters. The van der Waals surface area contributed by atoms with Gasteiger partial charge in [0, 0.05) is 12.4 Å². The number of rotatable bonds is 3. The number of hydrogen-bond donors (Lipinski definition) is 2. The normalized spacial score (nSPS) is 18.8. The van der Waals surface area contributed by atoms with Crippen molar-refractivity contribution in [2.75, 3.05) is 0 Å². The van der Waals surface area contributed by atoms with Crippen LogP contribution in [0.4, 0.5) is 4.79 Å². The van der Waals surface area contributed by atoms with Crippen molar-refractivity contribution in [2.45, 2.75) is 12.5 Å². The van der Waals surface area contributed by atoms with Crippen molar-refractivity contribution in [1.29, 1.82) is 0 Å². The zero-order valence-corrected chi connectivity index (χ0v) is 15.7. The lowest BCUT2D eigenvalue weighted by Crippen LogP contribution is -2.48. The van der Waals surface area contributed by atoms with Gasteiger partial charge in [-0.3, -0.25) is 19.8 Å². The van der Waals surface area contributed by atoms with Crippen LogP contribution in [-0.2, 0) is 17.4 Å². The fourth-order valence-electron chi connectivity index (χ4n) is 3.33. The Morgan fingerprint density at radius 2 is 1.62 bits per heavy atom. The second kappa shape index (κ2) is 6.55. The Bertz CT molecular complexity index is 1220. The first kappa shape index (κ1) is 18.4. The van der Waals surface area contributed by atoms with E-state index in [0.29, 0.717) is 21.3 Å². The molecular weight excluding hydrogens is 374 g/mol. The number of carbonyl (C=O) groups is 3. The number of hydrazine groups is 1. The third-order valence-electron chi connectivity index (χ3n) is 4.93. The molecule has 1 aromatic heterocycles. The summed E-state index contributed by atoms with van der Waals surface area (Å²) in [5, 5.41) is 7.89. The van der Waals surface area contributed by atoms with Gasteiger partial charge in [0.25, 0.3) is 17.4 Å². The number of fused-ring (bicyclic) bond motifs is 1. The highest BCUT2D eigenvalue weighted by Crippen LogP contribution is 2.27. The molecule has 2 aromatic carbocycles. The summed E-state index contributed by atoms with van der Waals surface area (Å²) in [6.45, 7) is 1.56. The SMILES string of the molecule is Cn1nc(C(=O)NN2C(=O)NC(C)(c3ccccc3)C2=O)c2ccccc2c1=O. The van der Waals surface area contributed by atoms with Crippen LogP contribution in [0.3, 0.4) is 0 Å². The van der Waals surface area contributed by atoms with Crippen molar-refractivity contribution < 1.29 is 14.4 Å². The number of hydrogen-bond acceptors (Lipinski definition) is 5. The predicted molar refractivity (Wildman–Crippen MR) is 104 cm³/mol. The summed E-state index contributed by atoms with van der Waals surface area (Å²) in [7, 11) is 1.42. The molecule has 1 aliphatic heterocycles. The molecular formula is C20H17N5O4. The smallest absolute Gasteiger partial charge is 0.318 e. The number of aromatic nitrogens is 2. The van der Waals surface area contributed by atoms with Gasteiger partial charge in [0.05, 0.1) is 5.39 Å². The van der Waals surface area contributed by atoms with Gasteiger partial charge >= 0.3 is 6.03 Å². The second-order valence-electron chi connectivity index (χ2n) is 6.83. The van der Waals surface area contributed by atoms with E-state index in [9.17, 15) is 19.2 Å². The molecule has 1 atom stereocenters. The minimum absolute atomic E-state index is 0.0726. The topological polar surface area (TPSA) is 113 Å². The van der Waals surface area contributed by atoms with E-state index in [1.807, 2.05) is 0 Å². The minimum Gasteiger partial charge on any atom is -0.318 e. The lowest BCUT2D eigenvalue weighted by Gasteiger charge is -2.22. The maximum Gasteiger partial charge on any atom is 0.344 e. The summed E-state index contributed by atoms with van der Waals surface area (Å²) < 4.78 is 1.04. The molecule has 2 N–H and O–H groups in total. The van der Waals surface area contributed by atoms with Crippen LogP contribution in [0.1, 0.15) is 23.0 Å². The molecule has 29 heavy (non-hydrogen) atoms. The van der Waals surface area contributed by atoms with Crippen LogP contribution in [0.5, 0.6) is 0 Å². The van der Waals surface area contributed by atoms with E-state index in [0.717, 1.165) is 4.68 Å². The predicted octanol–water partition coefficient (Wildman–Crippen LogP) is 1.05. The van der Waals surface area contributed by atoms with Gasteiger partial charge in [0.15, 0.2) is 5.69 Å². The van der Waals surface area contributed by atoms with Crippen LogP contribution >= 0.6 is 0 Å². The van der Waals surface area contributed by atoms with E-state index in [-0.39, 0.29) is 11.3 Å². The van der Waals surface area contributed by atoms with E-state index in [4.69, 9.17) is 0 Å². The van der Waals surface area contributed by atoms with Crippen LogP contribution < -0.4 is 16.3 Å². The van der Waals surface area contributed by atoms with E-state index in [1.54, 1.807) is 61.5 Å².